The number of benzene rings is 2. The second-order valence-corrected chi connectivity index (χ2v) is 7.12. The van der Waals surface area contributed by atoms with E-state index in [9.17, 15) is 9.90 Å². The first-order chi connectivity index (χ1) is 12.7. The lowest BCUT2D eigenvalue weighted by atomic mass is 10.0. The number of hydrogen-bond acceptors (Lipinski definition) is 3. The van der Waals surface area contributed by atoms with Crippen molar-refractivity contribution in [2.24, 2.45) is 0 Å². The fraction of sp³-hybridized carbons (Fsp3) is 0.409. The van der Waals surface area contributed by atoms with Gasteiger partial charge in [0.1, 0.15) is 0 Å². The fourth-order valence-electron chi connectivity index (χ4n) is 3.76. The number of hydrogen-bond donors (Lipinski definition) is 1. The average molecular weight is 352 g/mol. The summed E-state index contributed by atoms with van der Waals surface area (Å²) in [4.78, 5) is 17.3. The molecule has 2 aromatic rings. The summed E-state index contributed by atoms with van der Waals surface area (Å²) in [5.41, 5.74) is 2.35. The standard InChI is InChI=1S/C22H28N2O2/c1-23(16-19-11-6-3-7-12-19)21(15-18-9-4-2-5-10-18)22(26)24-14-8-13-20(24)17-25/h2-7,9-12,20-21,25H,8,13-17H2,1H3/t20-,21+/m0/s1. The third kappa shape index (κ3) is 4.51. The number of rotatable bonds is 7. The van der Waals surface area contributed by atoms with Gasteiger partial charge in [0, 0.05) is 13.1 Å². The SMILES string of the molecule is CN(Cc1ccccc1)[C@H](Cc1ccccc1)C(=O)N1CCC[C@H]1CO. The van der Waals surface area contributed by atoms with Crippen LogP contribution in [0, 0.1) is 0 Å². The van der Waals surface area contributed by atoms with Crippen LogP contribution in [-0.2, 0) is 17.8 Å². The number of carbonyl (C=O) groups is 1. The van der Waals surface area contributed by atoms with Crippen LogP contribution < -0.4 is 0 Å². The monoisotopic (exact) mass is 352 g/mol. The van der Waals surface area contributed by atoms with Gasteiger partial charge < -0.3 is 10.0 Å². The van der Waals surface area contributed by atoms with E-state index < -0.39 is 0 Å². The Hall–Kier alpha value is -2.17. The van der Waals surface area contributed by atoms with Crippen LogP contribution in [0.25, 0.3) is 0 Å². The van der Waals surface area contributed by atoms with Gasteiger partial charge in [-0.3, -0.25) is 9.69 Å². The van der Waals surface area contributed by atoms with Gasteiger partial charge in [-0.2, -0.15) is 0 Å². The van der Waals surface area contributed by atoms with Gasteiger partial charge in [0.15, 0.2) is 0 Å². The molecule has 0 aliphatic carbocycles. The van der Waals surface area contributed by atoms with E-state index in [-0.39, 0.29) is 24.6 Å². The predicted molar refractivity (Wildman–Crippen MR) is 104 cm³/mol. The highest BCUT2D eigenvalue weighted by atomic mass is 16.3. The van der Waals surface area contributed by atoms with Crippen LogP contribution >= 0.6 is 0 Å². The van der Waals surface area contributed by atoms with Crippen LogP contribution in [0.3, 0.4) is 0 Å². The molecule has 0 unspecified atom stereocenters. The largest absolute Gasteiger partial charge is 0.394 e. The summed E-state index contributed by atoms with van der Waals surface area (Å²) in [6, 6.07) is 20.1. The summed E-state index contributed by atoms with van der Waals surface area (Å²) in [6.07, 6.45) is 2.54. The molecule has 4 nitrogen and oxygen atoms in total. The first kappa shape index (κ1) is 18.6. The van der Waals surface area contributed by atoms with Gasteiger partial charge in [-0.15, -0.1) is 0 Å². The van der Waals surface area contributed by atoms with E-state index in [4.69, 9.17) is 0 Å². The molecule has 0 radical (unpaired) electrons. The van der Waals surface area contributed by atoms with E-state index in [1.807, 2.05) is 48.3 Å². The van der Waals surface area contributed by atoms with Crippen molar-refractivity contribution in [1.29, 1.82) is 0 Å². The molecule has 26 heavy (non-hydrogen) atoms. The molecule has 1 N–H and O–H groups in total. The number of amides is 1. The molecule has 2 atom stereocenters. The molecule has 0 aromatic heterocycles. The number of likely N-dealkylation sites (tertiary alicyclic amines) is 1. The molecular weight excluding hydrogens is 324 g/mol. The van der Waals surface area contributed by atoms with E-state index in [0.717, 1.165) is 31.5 Å². The number of likely N-dealkylation sites (N-methyl/N-ethyl adjacent to an activating group) is 1. The van der Waals surface area contributed by atoms with E-state index in [2.05, 4.69) is 29.2 Å². The minimum atomic E-state index is -0.232. The van der Waals surface area contributed by atoms with Crippen molar-refractivity contribution in [2.75, 3.05) is 20.2 Å². The molecule has 0 saturated carbocycles. The molecule has 1 heterocycles. The molecule has 1 aliphatic rings. The van der Waals surface area contributed by atoms with E-state index >= 15 is 0 Å². The van der Waals surface area contributed by atoms with Crippen molar-refractivity contribution in [3.63, 3.8) is 0 Å². The molecule has 3 rings (SSSR count). The normalized spacial score (nSPS) is 18.3. The molecule has 1 amide bonds. The van der Waals surface area contributed by atoms with Gasteiger partial charge in [0.25, 0.3) is 0 Å². The molecule has 1 aliphatic heterocycles. The van der Waals surface area contributed by atoms with Crippen LogP contribution in [0.15, 0.2) is 60.7 Å². The highest BCUT2D eigenvalue weighted by Crippen LogP contribution is 2.21. The number of carbonyl (C=O) groups excluding carboxylic acids is 1. The maximum atomic E-state index is 13.3. The Balaban J connectivity index is 1.79. The maximum absolute atomic E-state index is 13.3. The number of aliphatic hydroxyl groups is 1. The Bertz CT molecular complexity index is 690. The highest BCUT2D eigenvalue weighted by molar-refractivity contribution is 5.82. The summed E-state index contributed by atoms with van der Waals surface area (Å²) >= 11 is 0. The topological polar surface area (TPSA) is 43.8 Å². The third-order valence-electron chi connectivity index (χ3n) is 5.23. The Morgan fingerprint density at radius 2 is 1.73 bits per heavy atom. The summed E-state index contributed by atoms with van der Waals surface area (Å²) in [5.74, 6) is 0.129. The van der Waals surface area contributed by atoms with Gasteiger partial charge in [0.05, 0.1) is 18.7 Å². The molecule has 0 spiro atoms. The van der Waals surface area contributed by atoms with Crippen LogP contribution in [0.2, 0.25) is 0 Å². The average Bonchev–Trinajstić information content (AvgIpc) is 3.16. The molecule has 4 heteroatoms. The van der Waals surface area contributed by atoms with Crippen LogP contribution in [0.5, 0.6) is 0 Å². The maximum Gasteiger partial charge on any atom is 0.240 e. The lowest BCUT2D eigenvalue weighted by Gasteiger charge is -2.33. The minimum absolute atomic E-state index is 0.0362. The quantitative estimate of drug-likeness (QED) is 0.833. The second kappa shape index (κ2) is 8.97. The van der Waals surface area contributed by atoms with Crippen molar-refractivity contribution in [2.45, 2.75) is 37.9 Å². The molecular formula is C22H28N2O2. The summed E-state index contributed by atoms with van der Waals surface area (Å²) < 4.78 is 0. The zero-order chi connectivity index (χ0) is 18.4. The predicted octanol–water partition coefficient (Wildman–Crippen LogP) is 2.71. The lowest BCUT2D eigenvalue weighted by Crippen LogP contribution is -2.50. The highest BCUT2D eigenvalue weighted by Gasteiger charge is 2.34. The van der Waals surface area contributed by atoms with Crippen molar-refractivity contribution >= 4 is 5.91 Å². The van der Waals surface area contributed by atoms with Gasteiger partial charge in [-0.05, 0) is 37.4 Å². The summed E-state index contributed by atoms with van der Waals surface area (Å²) in [6.45, 7) is 1.52. The Morgan fingerprint density at radius 1 is 1.12 bits per heavy atom. The summed E-state index contributed by atoms with van der Waals surface area (Å²) in [7, 11) is 2.02. The zero-order valence-electron chi connectivity index (χ0n) is 15.4. The Morgan fingerprint density at radius 3 is 2.35 bits per heavy atom. The molecule has 138 valence electrons. The molecule has 2 aromatic carbocycles. The van der Waals surface area contributed by atoms with Crippen molar-refractivity contribution in [3.8, 4) is 0 Å². The van der Waals surface area contributed by atoms with Crippen molar-refractivity contribution in [1.82, 2.24) is 9.80 Å². The van der Waals surface area contributed by atoms with Crippen LogP contribution in [0.1, 0.15) is 24.0 Å². The lowest BCUT2D eigenvalue weighted by molar-refractivity contribution is -0.138. The first-order valence-electron chi connectivity index (χ1n) is 9.38. The van der Waals surface area contributed by atoms with Crippen molar-refractivity contribution in [3.05, 3.63) is 71.8 Å². The van der Waals surface area contributed by atoms with Crippen LogP contribution in [-0.4, -0.2) is 53.1 Å². The smallest absolute Gasteiger partial charge is 0.240 e. The molecule has 0 bridgehead atoms. The molecule has 1 saturated heterocycles. The number of nitrogens with zero attached hydrogens (tertiary/aromatic N) is 2. The van der Waals surface area contributed by atoms with Gasteiger partial charge in [-0.25, -0.2) is 0 Å². The minimum Gasteiger partial charge on any atom is -0.394 e. The Labute approximate surface area is 156 Å². The van der Waals surface area contributed by atoms with Gasteiger partial charge in [0.2, 0.25) is 5.91 Å². The van der Waals surface area contributed by atoms with Gasteiger partial charge >= 0.3 is 0 Å². The third-order valence-corrected chi connectivity index (χ3v) is 5.23. The Kier molecular flexibility index (Phi) is 6.42. The first-order valence-corrected chi connectivity index (χ1v) is 9.38. The summed E-state index contributed by atoms with van der Waals surface area (Å²) in [5, 5.41) is 9.62. The van der Waals surface area contributed by atoms with E-state index in [1.54, 1.807) is 0 Å². The fourth-order valence-corrected chi connectivity index (χ4v) is 3.76. The molecule has 1 fully saturated rings. The van der Waals surface area contributed by atoms with Gasteiger partial charge in [-0.1, -0.05) is 60.7 Å². The van der Waals surface area contributed by atoms with E-state index in [1.165, 1.54) is 5.56 Å². The second-order valence-electron chi connectivity index (χ2n) is 7.12. The zero-order valence-corrected chi connectivity index (χ0v) is 15.4. The van der Waals surface area contributed by atoms with Crippen molar-refractivity contribution < 1.29 is 9.90 Å². The van der Waals surface area contributed by atoms with Crippen LogP contribution in [0.4, 0.5) is 0 Å². The van der Waals surface area contributed by atoms with E-state index in [0.29, 0.717) is 6.42 Å². The number of aliphatic hydroxyl groups excluding tert-OH is 1.